The molecule has 5 heteroatoms. The van der Waals surface area contributed by atoms with Crippen LogP contribution in [0.1, 0.15) is 33.6 Å². The molecule has 2 amide bonds. The van der Waals surface area contributed by atoms with Crippen LogP contribution in [0.2, 0.25) is 0 Å². The van der Waals surface area contributed by atoms with Gasteiger partial charge in [-0.05, 0) is 31.0 Å². The summed E-state index contributed by atoms with van der Waals surface area (Å²) in [6.45, 7) is 1.09. The Hall–Kier alpha value is -1.20. The van der Waals surface area contributed by atoms with Crippen molar-refractivity contribution in [3.8, 4) is 0 Å². The van der Waals surface area contributed by atoms with E-state index in [2.05, 4.69) is 15.9 Å². The highest BCUT2D eigenvalue weighted by molar-refractivity contribution is 9.10. The summed E-state index contributed by atoms with van der Waals surface area (Å²) in [6, 6.07) is 5.17. The lowest BCUT2D eigenvalue weighted by molar-refractivity contribution is 0.0475. The van der Waals surface area contributed by atoms with Gasteiger partial charge in [0.15, 0.2) is 0 Å². The van der Waals surface area contributed by atoms with Crippen molar-refractivity contribution in [2.45, 2.75) is 18.9 Å². The number of hydrogen-bond donors (Lipinski definition) is 0. The van der Waals surface area contributed by atoms with Crippen LogP contribution in [-0.4, -0.2) is 36.0 Å². The largest absolute Gasteiger partial charge is 0.376 e. The van der Waals surface area contributed by atoms with E-state index in [0.29, 0.717) is 17.7 Å². The van der Waals surface area contributed by atoms with Crippen LogP contribution >= 0.6 is 15.9 Å². The summed E-state index contributed by atoms with van der Waals surface area (Å²) in [4.78, 5) is 25.6. The number of rotatable bonds is 2. The van der Waals surface area contributed by atoms with Crippen molar-refractivity contribution < 1.29 is 14.3 Å². The van der Waals surface area contributed by atoms with Crippen molar-refractivity contribution in [2.24, 2.45) is 0 Å². The minimum Gasteiger partial charge on any atom is -0.376 e. The van der Waals surface area contributed by atoms with E-state index in [-0.39, 0.29) is 17.9 Å². The van der Waals surface area contributed by atoms with Crippen molar-refractivity contribution in [3.05, 3.63) is 33.8 Å². The average molecular weight is 310 g/mol. The number of benzene rings is 1. The predicted molar refractivity (Wildman–Crippen MR) is 68.5 cm³/mol. The van der Waals surface area contributed by atoms with Crippen molar-refractivity contribution in [3.63, 3.8) is 0 Å². The Labute approximate surface area is 113 Å². The maximum absolute atomic E-state index is 12.2. The number of ether oxygens (including phenoxy) is 1. The SMILES string of the molecule is O=C1c2ccc(Br)cc2C(=O)N1C[C@H]1CCCO1. The van der Waals surface area contributed by atoms with E-state index >= 15 is 0 Å². The second-order valence-corrected chi connectivity index (χ2v) is 5.46. The second kappa shape index (κ2) is 4.48. The minimum absolute atomic E-state index is 0.00403. The first-order valence-electron chi connectivity index (χ1n) is 5.94. The standard InChI is InChI=1S/C13H12BrNO3/c14-8-3-4-10-11(6-8)13(17)15(12(10)16)7-9-2-1-5-18-9/h3-4,6,9H,1-2,5,7H2/t9-/m1/s1. The molecule has 1 atom stereocenters. The zero-order valence-corrected chi connectivity index (χ0v) is 11.3. The lowest BCUT2D eigenvalue weighted by Gasteiger charge is -2.17. The van der Waals surface area contributed by atoms with Crippen LogP contribution in [0.15, 0.2) is 22.7 Å². The van der Waals surface area contributed by atoms with Gasteiger partial charge in [0.05, 0.1) is 23.8 Å². The predicted octanol–water partition coefficient (Wildman–Crippen LogP) is 2.22. The van der Waals surface area contributed by atoms with Crippen LogP contribution in [0.4, 0.5) is 0 Å². The zero-order valence-electron chi connectivity index (χ0n) is 9.69. The van der Waals surface area contributed by atoms with Crippen molar-refractivity contribution in [1.29, 1.82) is 0 Å². The van der Waals surface area contributed by atoms with Gasteiger partial charge < -0.3 is 4.74 Å². The number of carbonyl (C=O) groups excluding carboxylic acids is 2. The van der Waals surface area contributed by atoms with Gasteiger partial charge in [-0.1, -0.05) is 15.9 Å². The van der Waals surface area contributed by atoms with Crippen LogP contribution in [-0.2, 0) is 4.74 Å². The highest BCUT2D eigenvalue weighted by atomic mass is 79.9. The highest BCUT2D eigenvalue weighted by Gasteiger charge is 2.37. The topological polar surface area (TPSA) is 46.6 Å². The molecule has 0 aliphatic carbocycles. The van der Waals surface area contributed by atoms with Gasteiger partial charge in [0.25, 0.3) is 11.8 Å². The van der Waals surface area contributed by atoms with Gasteiger partial charge in [-0.25, -0.2) is 0 Å². The van der Waals surface area contributed by atoms with E-state index in [1.807, 2.05) is 0 Å². The quantitative estimate of drug-likeness (QED) is 0.787. The molecule has 1 aromatic rings. The molecule has 1 fully saturated rings. The number of fused-ring (bicyclic) bond motifs is 1. The fourth-order valence-electron chi connectivity index (χ4n) is 2.42. The molecule has 0 spiro atoms. The van der Waals surface area contributed by atoms with Crippen LogP contribution in [0.3, 0.4) is 0 Å². The summed E-state index contributed by atoms with van der Waals surface area (Å²) >= 11 is 3.31. The molecule has 0 radical (unpaired) electrons. The van der Waals surface area contributed by atoms with Gasteiger partial charge in [0.1, 0.15) is 0 Å². The van der Waals surface area contributed by atoms with Crippen LogP contribution in [0.25, 0.3) is 0 Å². The Morgan fingerprint density at radius 3 is 2.78 bits per heavy atom. The minimum atomic E-state index is -0.216. The third-order valence-corrected chi connectivity index (χ3v) is 3.84. The first-order chi connectivity index (χ1) is 8.66. The van der Waals surface area contributed by atoms with E-state index < -0.39 is 0 Å². The Balaban J connectivity index is 1.87. The molecule has 0 saturated carbocycles. The van der Waals surface area contributed by atoms with E-state index in [1.165, 1.54) is 4.90 Å². The van der Waals surface area contributed by atoms with Gasteiger partial charge >= 0.3 is 0 Å². The third kappa shape index (κ3) is 1.87. The molecule has 18 heavy (non-hydrogen) atoms. The van der Waals surface area contributed by atoms with E-state index in [0.717, 1.165) is 23.9 Å². The molecule has 0 bridgehead atoms. The molecule has 2 heterocycles. The van der Waals surface area contributed by atoms with Gasteiger partial charge in [-0.3, -0.25) is 14.5 Å². The molecule has 1 saturated heterocycles. The molecular weight excluding hydrogens is 298 g/mol. The fraction of sp³-hybridized carbons (Fsp3) is 0.385. The molecule has 2 aliphatic rings. The first-order valence-corrected chi connectivity index (χ1v) is 6.73. The van der Waals surface area contributed by atoms with Crippen LogP contribution in [0, 0.1) is 0 Å². The number of nitrogens with zero attached hydrogens (tertiary/aromatic N) is 1. The van der Waals surface area contributed by atoms with E-state index in [1.54, 1.807) is 18.2 Å². The summed E-state index contributed by atoms with van der Waals surface area (Å²) in [5, 5.41) is 0. The first kappa shape index (κ1) is 11.9. The van der Waals surface area contributed by atoms with Crippen LogP contribution in [0.5, 0.6) is 0 Å². The normalized spacial score (nSPS) is 22.7. The summed E-state index contributed by atoms with van der Waals surface area (Å²) in [7, 11) is 0. The second-order valence-electron chi connectivity index (χ2n) is 4.55. The van der Waals surface area contributed by atoms with Crippen molar-refractivity contribution in [2.75, 3.05) is 13.2 Å². The van der Waals surface area contributed by atoms with Crippen molar-refractivity contribution >= 4 is 27.7 Å². The maximum atomic E-state index is 12.2. The lowest BCUT2D eigenvalue weighted by atomic mass is 10.1. The Kier molecular flexibility index (Phi) is 2.95. The summed E-state index contributed by atoms with van der Waals surface area (Å²) in [5.74, 6) is -0.426. The fourth-order valence-corrected chi connectivity index (χ4v) is 2.78. The number of hydrogen-bond acceptors (Lipinski definition) is 3. The molecule has 94 valence electrons. The van der Waals surface area contributed by atoms with E-state index in [9.17, 15) is 9.59 Å². The molecule has 0 aromatic heterocycles. The van der Waals surface area contributed by atoms with Crippen LogP contribution < -0.4 is 0 Å². The van der Waals surface area contributed by atoms with Gasteiger partial charge in [0, 0.05) is 11.1 Å². The third-order valence-electron chi connectivity index (χ3n) is 3.34. The monoisotopic (exact) mass is 309 g/mol. The number of halogens is 1. The average Bonchev–Trinajstić information content (AvgIpc) is 2.93. The number of imide groups is 1. The summed E-state index contributed by atoms with van der Waals surface area (Å²) < 4.78 is 6.29. The van der Waals surface area contributed by atoms with E-state index in [4.69, 9.17) is 4.74 Å². The summed E-state index contributed by atoms with van der Waals surface area (Å²) in [5.41, 5.74) is 0.966. The van der Waals surface area contributed by atoms with Crippen molar-refractivity contribution in [1.82, 2.24) is 4.90 Å². The molecule has 4 nitrogen and oxygen atoms in total. The molecule has 2 aliphatic heterocycles. The maximum Gasteiger partial charge on any atom is 0.261 e. The van der Waals surface area contributed by atoms with Gasteiger partial charge in [0.2, 0.25) is 0 Å². The number of amides is 2. The smallest absolute Gasteiger partial charge is 0.261 e. The Morgan fingerprint density at radius 1 is 1.28 bits per heavy atom. The molecule has 3 rings (SSSR count). The van der Waals surface area contributed by atoms with Gasteiger partial charge in [-0.2, -0.15) is 0 Å². The number of carbonyl (C=O) groups is 2. The lowest BCUT2D eigenvalue weighted by Crippen LogP contribution is -2.36. The highest BCUT2D eigenvalue weighted by Crippen LogP contribution is 2.27. The molecule has 0 N–H and O–H groups in total. The molecule has 1 aromatic carbocycles. The Bertz CT molecular complexity index is 523. The zero-order chi connectivity index (χ0) is 12.7. The summed E-state index contributed by atoms with van der Waals surface area (Å²) in [6.07, 6.45) is 1.91. The van der Waals surface area contributed by atoms with Gasteiger partial charge in [-0.15, -0.1) is 0 Å². The molecule has 0 unspecified atom stereocenters. The molecular formula is C13H12BrNO3. The Morgan fingerprint density at radius 2 is 2.06 bits per heavy atom.